The van der Waals surface area contributed by atoms with Crippen LogP contribution in [-0.2, 0) is 11.2 Å². The lowest BCUT2D eigenvalue weighted by Crippen LogP contribution is -2.38. The van der Waals surface area contributed by atoms with Crippen molar-refractivity contribution >= 4 is 29.0 Å². The van der Waals surface area contributed by atoms with Crippen LogP contribution in [0.4, 0.5) is 10.5 Å². The van der Waals surface area contributed by atoms with Gasteiger partial charge in [-0.2, -0.15) is 0 Å². The zero-order valence-electron chi connectivity index (χ0n) is 13.1. The van der Waals surface area contributed by atoms with E-state index in [1.54, 1.807) is 11.3 Å². The molecule has 0 aliphatic carbocycles. The highest BCUT2D eigenvalue weighted by Gasteiger charge is 2.19. The standard InChI is InChI=1S/C17H19N3O2S/c1-10(12-5-6-14-13(8-12)9-16(21)20-14)18-17(22)19-11(2)15-4-3-7-23-15/h3-8,10-11H,9H2,1-2H3,(H,20,21)(H2,18,19,22)/t10-,11+/m1/s1. The number of benzene rings is 1. The van der Waals surface area contributed by atoms with Gasteiger partial charge in [-0.1, -0.05) is 18.2 Å². The highest BCUT2D eigenvalue weighted by Crippen LogP contribution is 2.26. The molecule has 5 nitrogen and oxygen atoms in total. The topological polar surface area (TPSA) is 70.2 Å². The summed E-state index contributed by atoms with van der Waals surface area (Å²) in [4.78, 5) is 24.7. The van der Waals surface area contributed by atoms with Gasteiger partial charge in [0, 0.05) is 10.6 Å². The predicted molar refractivity (Wildman–Crippen MR) is 91.6 cm³/mol. The minimum Gasteiger partial charge on any atom is -0.332 e. The molecule has 0 saturated carbocycles. The Bertz CT molecular complexity index is 727. The zero-order valence-corrected chi connectivity index (χ0v) is 13.9. The molecule has 3 N–H and O–H groups in total. The summed E-state index contributed by atoms with van der Waals surface area (Å²) in [6.45, 7) is 3.89. The number of anilines is 1. The Hall–Kier alpha value is -2.34. The average molecular weight is 329 g/mol. The number of hydrogen-bond acceptors (Lipinski definition) is 3. The van der Waals surface area contributed by atoms with Gasteiger partial charge in [0.25, 0.3) is 0 Å². The van der Waals surface area contributed by atoms with Crippen molar-refractivity contribution in [2.75, 3.05) is 5.32 Å². The summed E-state index contributed by atoms with van der Waals surface area (Å²) in [6.07, 6.45) is 0.400. The summed E-state index contributed by atoms with van der Waals surface area (Å²) in [6, 6.07) is 9.41. The molecule has 3 amide bonds. The Balaban J connectivity index is 1.61. The maximum absolute atomic E-state index is 12.1. The third-order valence-electron chi connectivity index (χ3n) is 3.92. The summed E-state index contributed by atoms with van der Waals surface area (Å²) in [7, 11) is 0. The maximum atomic E-state index is 12.1. The Kier molecular flexibility index (Phi) is 4.34. The SMILES string of the molecule is C[C@H](NC(=O)N[C@H](C)c1ccc2c(c1)CC(=O)N2)c1cccs1. The molecule has 0 saturated heterocycles. The number of carbonyl (C=O) groups excluding carboxylic acids is 2. The molecular weight excluding hydrogens is 310 g/mol. The van der Waals surface area contributed by atoms with Gasteiger partial charge in [-0.3, -0.25) is 4.79 Å². The fourth-order valence-corrected chi connectivity index (χ4v) is 3.38. The van der Waals surface area contributed by atoms with Gasteiger partial charge in [0.05, 0.1) is 18.5 Å². The first-order valence-corrected chi connectivity index (χ1v) is 8.44. The van der Waals surface area contributed by atoms with Gasteiger partial charge in [-0.05, 0) is 42.5 Å². The van der Waals surface area contributed by atoms with E-state index < -0.39 is 0 Å². The first-order valence-electron chi connectivity index (χ1n) is 7.56. The zero-order chi connectivity index (χ0) is 16.4. The number of urea groups is 1. The fourth-order valence-electron chi connectivity index (χ4n) is 2.65. The van der Waals surface area contributed by atoms with Crippen molar-refractivity contribution in [1.29, 1.82) is 0 Å². The summed E-state index contributed by atoms with van der Waals surface area (Å²) < 4.78 is 0. The number of thiophene rings is 1. The van der Waals surface area contributed by atoms with E-state index in [4.69, 9.17) is 0 Å². The Labute approximate surface area is 139 Å². The van der Waals surface area contributed by atoms with Gasteiger partial charge in [0.1, 0.15) is 0 Å². The Morgan fingerprint density at radius 1 is 1.22 bits per heavy atom. The number of amides is 3. The molecule has 6 heteroatoms. The van der Waals surface area contributed by atoms with Crippen molar-refractivity contribution in [2.45, 2.75) is 32.4 Å². The lowest BCUT2D eigenvalue weighted by molar-refractivity contribution is -0.115. The second-order valence-electron chi connectivity index (χ2n) is 5.72. The van der Waals surface area contributed by atoms with Gasteiger partial charge >= 0.3 is 6.03 Å². The molecule has 2 heterocycles. The van der Waals surface area contributed by atoms with E-state index in [-0.39, 0.29) is 24.0 Å². The number of hydrogen-bond donors (Lipinski definition) is 3. The highest BCUT2D eigenvalue weighted by molar-refractivity contribution is 7.10. The number of nitrogens with one attached hydrogen (secondary N) is 3. The highest BCUT2D eigenvalue weighted by atomic mass is 32.1. The van der Waals surface area contributed by atoms with Crippen LogP contribution in [0.15, 0.2) is 35.7 Å². The lowest BCUT2D eigenvalue weighted by Gasteiger charge is -2.18. The third kappa shape index (κ3) is 3.53. The van der Waals surface area contributed by atoms with Gasteiger partial charge < -0.3 is 16.0 Å². The number of fused-ring (bicyclic) bond motifs is 1. The monoisotopic (exact) mass is 329 g/mol. The normalized spacial score (nSPS) is 15.5. The maximum Gasteiger partial charge on any atom is 0.315 e. The predicted octanol–water partition coefficient (Wildman–Crippen LogP) is 3.36. The van der Waals surface area contributed by atoms with E-state index in [0.29, 0.717) is 6.42 Å². The van der Waals surface area contributed by atoms with Crippen molar-refractivity contribution < 1.29 is 9.59 Å². The van der Waals surface area contributed by atoms with Crippen LogP contribution in [0.25, 0.3) is 0 Å². The molecule has 0 fully saturated rings. The van der Waals surface area contributed by atoms with E-state index in [1.807, 2.05) is 49.6 Å². The molecule has 3 rings (SSSR count). The second kappa shape index (κ2) is 6.42. The van der Waals surface area contributed by atoms with Crippen molar-refractivity contribution in [1.82, 2.24) is 10.6 Å². The summed E-state index contributed by atoms with van der Waals surface area (Å²) in [5.41, 5.74) is 2.83. The van der Waals surface area contributed by atoms with Crippen molar-refractivity contribution in [3.05, 3.63) is 51.7 Å². The Morgan fingerprint density at radius 3 is 2.74 bits per heavy atom. The summed E-state index contributed by atoms with van der Waals surface area (Å²) >= 11 is 1.62. The lowest BCUT2D eigenvalue weighted by atomic mass is 10.0. The molecule has 1 aliphatic rings. The van der Waals surface area contributed by atoms with Crippen LogP contribution in [0.1, 0.15) is 41.9 Å². The smallest absolute Gasteiger partial charge is 0.315 e. The first-order chi connectivity index (χ1) is 11.0. The van der Waals surface area contributed by atoms with E-state index in [9.17, 15) is 9.59 Å². The minimum absolute atomic E-state index is 0.0141. The van der Waals surface area contributed by atoms with Crippen LogP contribution < -0.4 is 16.0 Å². The molecule has 1 aromatic carbocycles. The van der Waals surface area contributed by atoms with Gasteiger partial charge in [0.2, 0.25) is 5.91 Å². The molecule has 0 unspecified atom stereocenters. The van der Waals surface area contributed by atoms with E-state index in [1.165, 1.54) is 0 Å². The van der Waals surface area contributed by atoms with Crippen LogP contribution >= 0.6 is 11.3 Å². The van der Waals surface area contributed by atoms with Crippen molar-refractivity contribution in [3.8, 4) is 0 Å². The molecule has 1 aliphatic heterocycles. The van der Waals surface area contributed by atoms with E-state index in [2.05, 4.69) is 16.0 Å². The quantitative estimate of drug-likeness (QED) is 0.805. The summed E-state index contributed by atoms with van der Waals surface area (Å²) in [5, 5.41) is 10.7. The molecule has 0 bridgehead atoms. The minimum atomic E-state index is -0.201. The van der Waals surface area contributed by atoms with Crippen LogP contribution in [0, 0.1) is 0 Å². The molecule has 0 radical (unpaired) electrons. The van der Waals surface area contributed by atoms with Crippen molar-refractivity contribution in [3.63, 3.8) is 0 Å². The molecule has 1 aromatic heterocycles. The summed E-state index contributed by atoms with van der Waals surface area (Å²) in [5.74, 6) is 0.0141. The van der Waals surface area contributed by atoms with Gasteiger partial charge in [-0.15, -0.1) is 11.3 Å². The molecular formula is C17H19N3O2S. The van der Waals surface area contributed by atoms with Crippen molar-refractivity contribution in [2.24, 2.45) is 0 Å². The van der Waals surface area contributed by atoms with E-state index in [0.717, 1.165) is 21.7 Å². The van der Waals surface area contributed by atoms with Crippen LogP contribution in [-0.4, -0.2) is 11.9 Å². The van der Waals surface area contributed by atoms with Gasteiger partial charge in [-0.25, -0.2) is 4.79 Å². The van der Waals surface area contributed by atoms with Gasteiger partial charge in [0.15, 0.2) is 0 Å². The van der Waals surface area contributed by atoms with Crippen LogP contribution in [0.2, 0.25) is 0 Å². The number of carbonyl (C=O) groups is 2. The molecule has 23 heavy (non-hydrogen) atoms. The first kappa shape index (κ1) is 15.6. The molecule has 120 valence electrons. The molecule has 2 aromatic rings. The third-order valence-corrected chi connectivity index (χ3v) is 4.97. The molecule has 0 spiro atoms. The average Bonchev–Trinajstić information content (AvgIpc) is 3.14. The second-order valence-corrected chi connectivity index (χ2v) is 6.70. The Morgan fingerprint density at radius 2 is 2.00 bits per heavy atom. The number of rotatable bonds is 4. The molecule has 2 atom stereocenters. The fraction of sp³-hybridized carbons (Fsp3) is 0.294. The van der Waals surface area contributed by atoms with E-state index >= 15 is 0 Å². The van der Waals surface area contributed by atoms with Crippen LogP contribution in [0.3, 0.4) is 0 Å². The largest absolute Gasteiger partial charge is 0.332 e. The van der Waals surface area contributed by atoms with Crippen LogP contribution in [0.5, 0.6) is 0 Å².